The second-order valence-electron chi connectivity index (χ2n) is 6.82. The van der Waals surface area contributed by atoms with Gasteiger partial charge in [-0.25, -0.2) is 0 Å². The SMILES string of the molecule is CCOC(=O)C1(NC)CCC(N(CC2CC2)C2CC2)C1. The lowest BCUT2D eigenvalue weighted by molar-refractivity contribution is -0.151. The maximum atomic E-state index is 12.3. The number of carbonyl (C=O) groups excluding carboxylic acids is 1. The third kappa shape index (κ3) is 2.86. The van der Waals surface area contributed by atoms with Crippen LogP contribution < -0.4 is 5.32 Å². The van der Waals surface area contributed by atoms with E-state index in [1.54, 1.807) is 0 Å². The lowest BCUT2D eigenvalue weighted by Gasteiger charge is -2.31. The quantitative estimate of drug-likeness (QED) is 0.724. The molecule has 0 aromatic carbocycles. The zero-order valence-corrected chi connectivity index (χ0v) is 12.9. The maximum Gasteiger partial charge on any atom is 0.326 e. The first-order valence-electron chi connectivity index (χ1n) is 8.30. The Hall–Kier alpha value is -0.610. The highest BCUT2D eigenvalue weighted by Crippen LogP contribution is 2.42. The number of hydrogen-bond acceptors (Lipinski definition) is 4. The van der Waals surface area contributed by atoms with E-state index in [9.17, 15) is 4.79 Å². The number of likely N-dealkylation sites (N-methyl/N-ethyl adjacent to an activating group) is 1. The Labute approximate surface area is 122 Å². The monoisotopic (exact) mass is 280 g/mol. The molecule has 0 saturated heterocycles. The standard InChI is InChI=1S/C16H28N2O2/c1-3-20-15(19)16(17-2)9-8-14(10-16)18(13-6-7-13)11-12-4-5-12/h12-14,17H,3-11H2,1-2H3. The zero-order chi connectivity index (χ0) is 14.2. The smallest absolute Gasteiger partial charge is 0.326 e. The minimum Gasteiger partial charge on any atom is -0.465 e. The predicted octanol–water partition coefficient (Wildman–Crippen LogP) is 1.93. The normalized spacial score (nSPS) is 33.6. The van der Waals surface area contributed by atoms with Gasteiger partial charge in [-0.2, -0.15) is 0 Å². The average Bonchev–Trinajstić information content (AvgIpc) is 3.35. The van der Waals surface area contributed by atoms with Crippen molar-refractivity contribution in [3.05, 3.63) is 0 Å². The predicted molar refractivity (Wildman–Crippen MR) is 78.5 cm³/mol. The molecule has 0 heterocycles. The summed E-state index contributed by atoms with van der Waals surface area (Å²) < 4.78 is 5.30. The summed E-state index contributed by atoms with van der Waals surface area (Å²) >= 11 is 0. The van der Waals surface area contributed by atoms with Crippen molar-refractivity contribution in [1.82, 2.24) is 10.2 Å². The minimum absolute atomic E-state index is 0.0489. The molecule has 4 heteroatoms. The first-order chi connectivity index (χ1) is 9.68. The molecule has 0 amide bonds. The molecule has 1 N–H and O–H groups in total. The van der Waals surface area contributed by atoms with Gasteiger partial charge < -0.3 is 10.1 Å². The Morgan fingerprint density at radius 1 is 1.25 bits per heavy atom. The van der Waals surface area contributed by atoms with Crippen LogP contribution in [0.15, 0.2) is 0 Å². The molecule has 114 valence electrons. The number of nitrogens with one attached hydrogen (secondary N) is 1. The number of esters is 1. The van der Waals surface area contributed by atoms with E-state index in [4.69, 9.17) is 4.74 Å². The molecule has 3 aliphatic rings. The Kier molecular flexibility index (Phi) is 4.04. The first kappa shape index (κ1) is 14.3. The maximum absolute atomic E-state index is 12.3. The second-order valence-corrected chi connectivity index (χ2v) is 6.82. The van der Waals surface area contributed by atoms with E-state index < -0.39 is 5.54 Å². The van der Waals surface area contributed by atoms with Gasteiger partial charge in [0.25, 0.3) is 0 Å². The van der Waals surface area contributed by atoms with Crippen molar-refractivity contribution in [2.24, 2.45) is 5.92 Å². The highest BCUT2D eigenvalue weighted by atomic mass is 16.5. The van der Waals surface area contributed by atoms with Crippen LogP contribution in [0.25, 0.3) is 0 Å². The van der Waals surface area contributed by atoms with Crippen LogP contribution in [0.5, 0.6) is 0 Å². The number of carbonyl (C=O) groups is 1. The van der Waals surface area contributed by atoms with Gasteiger partial charge in [-0.1, -0.05) is 0 Å². The number of nitrogens with zero attached hydrogens (tertiary/aromatic N) is 1. The lowest BCUT2D eigenvalue weighted by Crippen LogP contribution is -2.51. The molecule has 3 rings (SSSR count). The lowest BCUT2D eigenvalue weighted by atomic mass is 9.97. The van der Waals surface area contributed by atoms with Crippen molar-refractivity contribution in [1.29, 1.82) is 0 Å². The molecule has 4 nitrogen and oxygen atoms in total. The van der Waals surface area contributed by atoms with Gasteiger partial charge in [0.15, 0.2) is 0 Å². The Bertz CT molecular complexity index is 365. The fourth-order valence-corrected chi connectivity index (χ4v) is 3.69. The molecule has 0 aromatic rings. The molecule has 0 aromatic heterocycles. The van der Waals surface area contributed by atoms with E-state index in [1.807, 2.05) is 14.0 Å². The number of rotatable bonds is 7. The molecule has 0 spiro atoms. The molecule has 3 aliphatic carbocycles. The van der Waals surface area contributed by atoms with Crippen LogP contribution >= 0.6 is 0 Å². The van der Waals surface area contributed by atoms with Crippen molar-refractivity contribution in [3.63, 3.8) is 0 Å². The third-order valence-electron chi connectivity index (χ3n) is 5.28. The van der Waals surface area contributed by atoms with Crippen LogP contribution in [0.1, 0.15) is 51.9 Å². The second kappa shape index (κ2) is 5.64. The van der Waals surface area contributed by atoms with E-state index in [1.165, 1.54) is 32.2 Å². The zero-order valence-electron chi connectivity index (χ0n) is 12.9. The molecule has 0 aliphatic heterocycles. The van der Waals surface area contributed by atoms with Crippen molar-refractivity contribution < 1.29 is 9.53 Å². The topological polar surface area (TPSA) is 41.6 Å². The fourth-order valence-electron chi connectivity index (χ4n) is 3.69. The van der Waals surface area contributed by atoms with Crippen LogP contribution in [0.4, 0.5) is 0 Å². The van der Waals surface area contributed by atoms with E-state index in [0.717, 1.165) is 31.2 Å². The molecular formula is C16H28N2O2. The summed E-state index contributed by atoms with van der Waals surface area (Å²) in [6.07, 6.45) is 8.50. The Morgan fingerprint density at radius 2 is 2.00 bits per heavy atom. The van der Waals surface area contributed by atoms with Gasteiger partial charge in [0.05, 0.1) is 6.61 Å². The van der Waals surface area contributed by atoms with Gasteiger partial charge in [0.1, 0.15) is 5.54 Å². The fraction of sp³-hybridized carbons (Fsp3) is 0.938. The molecular weight excluding hydrogens is 252 g/mol. The van der Waals surface area contributed by atoms with Crippen LogP contribution in [0, 0.1) is 5.92 Å². The molecule has 3 fully saturated rings. The van der Waals surface area contributed by atoms with Crippen LogP contribution in [0.3, 0.4) is 0 Å². The molecule has 2 unspecified atom stereocenters. The van der Waals surface area contributed by atoms with E-state index in [-0.39, 0.29) is 5.97 Å². The van der Waals surface area contributed by atoms with Crippen molar-refractivity contribution in [2.75, 3.05) is 20.2 Å². The van der Waals surface area contributed by atoms with Gasteiger partial charge >= 0.3 is 5.97 Å². The van der Waals surface area contributed by atoms with Crippen molar-refractivity contribution in [2.45, 2.75) is 69.5 Å². The molecule has 0 radical (unpaired) electrons. The Balaban J connectivity index is 1.64. The highest BCUT2D eigenvalue weighted by Gasteiger charge is 2.49. The van der Waals surface area contributed by atoms with E-state index in [0.29, 0.717) is 12.6 Å². The molecule has 20 heavy (non-hydrogen) atoms. The summed E-state index contributed by atoms with van der Waals surface area (Å²) in [6, 6.07) is 1.37. The summed E-state index contributed by atoms with van der Waals surface area (Å²) in [5.74, 6) is 0.884. The van der Waals surface area contributed by atoms with Gasteiger partial charge in [0, 0.05) is 18.6 Å². The van der Waals surface area contributed by atoms with Crippen LogP contribution in [-0.4, -0.2) is 48.7 Å². The van der Waals surface area contributed by atoms with Gasteiger partial charge in [-0.15, -0.1) is 0 Å². The molecule has 3 saturated carbocycles. The number of hydrogen-bond donors (Lipinski definition) is 1. The van der Waals surface area contributed by atoms with Gasteiger partial charge in [-0.3, -0.25) is 9.69 Å². The third-order valence-corrected chi connectivity index (χ3v) is 5.28. The van der Waals surface area contributed by atoms with Crippen molar-refractivity contribution >= 4 is 5.97 Å². The average molecular weight is 280 g/mol. The summed E-state index contributed by atoms with van der Waals surface area (Å²) in [7, 11) is 1.90. The highest BCUT2D eigenvalue weighted by molar-refractivity contribution is 5.81. The Morgan fingerprint density at radius 3 is 2.55 bits per heavy atom. The molecule has 2 atom stereocenters. The van der Waals surface area contributed by atoms with Gasteiger partial charge in [-0.05, 0) is 64.8 Å². The first-order valence-corrected chi connectivity index (χ1v) is 8.30. The molecule has 0 bridgehead atoms. The summed E-state index contributed by atoms with van der Waals surface area (Å²) in [5, 5.41) is 3.27. The van der Waals surface area contributed by atoms with Crippen LogP contribution in [-0.2, 0) is 9.53 Å². The minimum atomic E-state index is -0.433. The van der Waals surface area contributed by atoms with Crippen molar-refractivity contribution in [3.8, 4) is 0 Å². The van der Waals surface area contributed by atoms with Gasteiger partial charge in [0.2, 0.25) is 0 Å². The largest absolute Gasteiger partial charge is 0.465 e. The van der Waals surface area contributed by atoms with E-state index >= 15 is 0 Å². The van der Waals surface area contributed by atoms with Crippen LogP contribution in [0.2, 0.25) is 0 Å². The van der Waals surface area contributed by atoms with E-state index in [2.05, 4.69) is 10.2 Å². The summed E-state index contributed by atoms with van der Waals surface area (Å²) in [4.78, 5) is 15.0. The summed E-state index contributed by atoms with van der Waals surface area (Å²) in [5.41, 5.74) is -0.433. The summed E-state index contributed by atoms with van der Waals surface area (Å²) in [6.45, 7) is 3.62. The number of ether oxygens (including phenoxy) is 1.